The fraction of sp³-hybridized carbons (Fsp3) is 0.722. The van der Waals surface area contributed by atoms with Crippen molar-refractivity contribution in [3.63, 3.8) is 0 Å². The van der Waals surface area contributed by atoms with Crippen LogP contribution >= 0.6 is 0 Å². The molecular formula is C18H32N2O. The van der Waals surface area contributed by atoms with Gasteiger partial charge in [0, 0.05) is 12.2 Å². The molecule has 1 heterocycles. The lowest BCUT2D eigenvalue weighted by Crippen LogP contribution is -2.24. The van der Waals surface area contributed by atoms with Gasteiger partial charge in [0.15, 0.2) is 0 Å². The van der Waals surface area contributed by atoms with Gasteiger partial charge in [0.1, 0.15) is 5.75 Å². The Labute approximate surface area is 130 Å². The number of ether oxygens (including phenoxy) is 1. The van der Waals surface area contributed by atoms with Crippen LogP contribution in [0.3, 0.4) is 0 Å². The van der Waals surface area contributed by atoms with Crippen molar-refractivity contribution in [3.8, 4) is 5.75 Å². The van der Waals surface area contributed by atoms with Gasteiger partial charge in [-0.15, -0.1) is 0 Å². The third-order valence-electron chi connectivity index (χ3n) is 3.50. The van der Waals surface area contributed by atoms with E-state index in [1.54, 1.807) is 6.20 Å². The predicted octanol–water partition coefficient (Wildman–Crippen LogP) is 4.59. The maximum absolute atomic E-state index is 5.57. The van der Waals surface area contributed by atoms with Crippen LogP contribution in [0.15, 0.2) is 18.5 Å². The maximum Gasteiger partial charge on any atom is 0.137 e. The van der Waals surface area contributed by atoms with Crippen LogP contribution in [0.1, 0.15) is 66.0 Å². The molecule has 120 valence electrons. The number of nitrogens with zero attached hydrogens (tertiary/aromatic N) is 1. The first kappa shape index (κ1) is 18.0. The van der Waals surface area contributed by atoms with Crippen molar-refractivity contribution in [2.24, 2.45) is 11.3 Å². The summed E-state index contributed by atoms with van der Waals surface area (Å²) in [6.07, 6.45) is 6.10. The molecule has 1 aromatic heterocycles. The fourth-order valence-electron chi connectivity index (χ4n) is 2.99. The van der Waals surface area contributed by atoms with Crippen molar-refractivity contribution in [1.82, 2.24) is 10.3 Å². The molecule has 0 aliphatic carbocycles. The SMILES string of the molecule is CCNC(CC(C)CC(C)(C)C)c1cncc(OCC)c1. The summed E-state index contributed by atoms with van der Waals surface area (Å²) in [6, 6.07) is 2.47. The van der Waals surface area contributed by atoms with Gasteiger partial charge in [0.2, 0.25) is 0 Å². The van der Waals surface area contributed by atoms with Crippen molar-refractivity contribution in [3.05, 3.63) is 24.0 Å². The van der Waals surface area contributed by atoms with Gasteiger partial charge in [-0.1, -0.05) is 34.6 Å². The first-order valence-corrected chi connectivity index (χ1v) is 8.16. The van der Waals surface area contributed by atoms with E-state index >= 15 is 0 Å². The summed E-state index contributed by atoms with van der Waals surface area (Å²) in [7, 11) is 0. The van der Waals surface area contributed by atoms with Gasteiger partial charge in [0.05, 0.1) is 12.8 Å². The average molecular weight is 292 g/mol. The van der Waals surface area contributed by atoms with Gasteiger partial charge in [0.25, 0.3) is 0 Å². The molecule has 0 saturated carbocycles. The van der Waals surface area contributed by atoms with Gasteiger partial charge >= 0.3 is 0 Å². The molecule has 2 atom stereocenters. The van der Waals surface area contributed by atoms with Crippen molar-refractivity contribution in [2.45, 2.75) is 60.4 Å². The van der Waals surface area contributed by atoms with E-state index < -0.39 is 0 Å². The Morgan fingerprint density at radius 1 is 1.24 bits per heavy atom. The van der Waals surface area contributed by atoms with Crippen LogP contribution in [-0.4, -0.2) is 18.1 Å². The van der Waals surface area contributed by atoms with E-state index in [1.807, 2.05) is 13.1 Å². The van der Waals surface area contributed by atoms with Crippen LogP contribution in [0, 0.1) is 11.3 Å². The fourth-order valence-corrected chi connectivity index (χ4v) is 2.99. The molecule has 0 spiro atoms. The van der Waals surface area contributed by atoms with Gasteiger partial charge in [-0.2, -0.15) is 0 Å². The van der Waals surface area contributed by atoms with Crippen LogP contribution in [0.2, 0.25) is 0 Å². The number of pyridine rings is 1. The Balaban J connectivity index is 2.78. The molecule has 2 unspecified atom stereocenters. The van der Waals surface area contributed by atoms with Crippen LogP contribution in [-0.2, 0) is 0 Å². The highest BCUT2D eigenvalue weighted by Crippen LogP contribution is 2.31. The molecule has 1 rings (SSSR count). The number of aromatic nitrogens is 1. The molecule has 3 nitrogen and oxygen atoms in total. The van der Waals surface area contributed by atoms with E-state index in [2.05, 4.69) is 51.0 Å². The highest BCUT2D eigenvalue weighted by atomic mass is 16.5. The molecule has 0 radical (unpaired) electrons. The van der Waals surface area contributed by atoms with E-state index in [0.717, 1.165) is 18.7 Å². The van der Waals surface area contributed by atoms with E-state index in [0.29, 0.717) is 24.0 Å². The molecule has 3 heteroatoms. The Bertz CT molecular complexity index is 412. The van der Waals surface area contributed by atoms with Crippen LogP contribution < -0.4 is 10.1 Å². The van der Waals surface area contributed by atoms with E-state index in [9.17, 15) is 0 Å². The smallest absolute Gasteiger partial charge is 0.137 e. The van der Waals surface area contributed by atoms with Crippen LogP contribution in [0.5, 0.6) is 5.75 Å². The van der Waals surface area contributed by atoms with E-state index in [-0.39, 0.29) is 0 Å². The Kier molecular flexibility index (Phi) is 7.16. The van der Waals surface area contributed by atoms with E-state index in [4.69, 9.17) is 4.74 Å². The lowest BCUT2D eigenvalue weighted by molar-refractivity contribution is 0.276. The summed E-state index contributed by atoms with van der Waals surface area (Å²) < 4.78 is 5.57. The zero-order valence-electron chi connectivity index (χ0n) is 14.6. The van der Waals surface area contributed by atoms with Crippen molar-refractivity contribution >= 4 is 0 Å². The molecule has 0 aromatic carbocycles. The molecule has 0 amide bonds. The van der Waals surface area contributed by atoms with Gasteiger partial charge in [-0.25, -0.2) is 0 Å². The van der Waals surface area contributed by atoms with Crippen LogP contribution in [0.4, 0.5) is 0 Å². The Morgan fingerprint density at radius 2 is 1.95 bits per heavy atom. The summed E-state index contributed by atoms with van der Waals surface area (Å²) in [5.74, 6) is 1.53. The number of nitrogens with one attached hydrogen (secondary N) is 1. The summed E-state index contributed by atoms with van der Waals surface area (Å²) in [6.45, 7) is 15.1. The molecular weight excluding hydrogens is 260 g/mol. The first-order valence-electron chi connectivity index (χ1n) is 8.16. The lowest BCUT2D eigenvalue weighted by atomic mass is 9.82. The highest BCUT2D eigenvalue weighted by molar-refractivity contribution is 5.26. The number of hydrogen-bond donors (Lipinski definition) is 1. The molecule has 0 aliphatic rings. The standard InChI is InChI=1S/C18H32N2O/c1-7-20-17(9-14(3)11-18(4,5)6)15-10-16(21-8-2)13-19-12-15/h10,12-14,17,20H,7-9,11H2,1-6H3. The minimum atomic E-state index is 0.347. The molecule has 0 fully saturated rings. The van der Waals surface area contributed by atoms with Crippen LogP contribution in [0.25, 0.3) is 0 Å². The van der Waals surface area contributed by atoms with Crippen molar-refractivity contribution < 1.29 is 4.74 Å². The lowest BCUT2D eigenvalue weighted by Gasteiger charge is -2.27. The minimum Gasteiger partial charge on any atom is -0.492 e. The predicted molar refractivity (Wildman–Crippen MR) is 89.7 cm³/mol. The third kappa shape index (κ3) is 6.94. The Hall–Kier alpha value is -1.09. The van der Waals surface area contributed by atoms with Gasteiger partial charge in [-0.05, 0) is 49.3 Å². The second-order valence-corrected chi connectivity index (χ2v) is 7.10. The molecule has 1 aromatic rings. The van der Waals surface area contributed by atoms with Crippen molar-refractivity contribution in [2.75, 3.05) is 13.2 Å². The highest BCUT2D eigenvalue weighted by Gasteiger charge is 2.20. The second kappa shape index (κ2) is 8.38. The first-order chi connectivity index (χ1) is 9.85. The molecule has 0 saturated heterocycles. The number of rotatable bonds is 8. The van der Waals surface area contributed by atoms with Gasteiger partial charge in [-0.3, -0.25) is 4.98 Å². The molecule has 21 heavy (non-hydrogen) atoms. The molecule has 1 N–H and O–H groups in total. The topological polar surface area (TPSA) is 34.2 Å². The molecule has 0 aliphatic heterocycles. The average Bonchev–Trinajstić information content (AvgIpc) is 2.37. The van der Waals surface area contributed by atoms with Gasteiger partial charge < -0.3 is 10.1 Å². The summed E-state index contributed by atoms with van der Waals surface area (Å²) >= 11 is 0. The number of hydrogen-bond acceptors (Lipinski definition) is 3. The summed E-state index contributed by atoms with van der Waals surface area (Å²) in [5, 5.41) is 3.59. The minimum absolute atomic E-state index is 0.347. The summed E-state index contributed by atoms with van der Waals surface area (Å²) in [4.78, 5) is 4.32. The van der Waals surface area contributed by atoms with E-state index in [1.165, 1.54) is 12.0 Å². The largest absolute Gasteiger partial charge is 0.492 e. The monoisotopic (exact) mass is 292 g/mol. The normalized spacial score (nSPS) is 14.8. The quantitative estimate of drug-likeness (QED) is 0.760. The second-order valence-electron chi connectivity index (χ2n) is 7.10. The summed E-state index contributed by atoms with van der Waals surface area (Å²) in [5.41, 5.74) is 1.60. The zero-order chi connectivity index (χ0) is 15.9. The molecule has 0 bridgehead atoms. The maximum atomic E-state index is 5.57. The zero-order valence-corrected chi connectivity index (χ0v) is 14.6. The Morgan fingerprint density at radius 3 is 2.52 bits per heavy atom. The third-order valence-corrected chi connectivity index (χ3v) is 3.50. The van der Waals surface area contributed by atoms with Crippen molar-refractivity contribution in [1.29, 1.82) is 0 Å².